The summed E-state index contributed by atoms with van der Waals surface area (Å²) in [5.41, 5.74) is 11.7. The number of hydrogen-bond donors (Lipinski definition) is 0. The van der Waals surface area contributed by atoms with Crippen molar-refractivity contribution < 1.29 is 0 Å². The molecule has 0 fully saturated rings. The van der Waals surface area contributed by atoms with Crippen LogP contribution in [0.25, 0.3) is 28.0 Å². The second-order valence-electron chi connectivity index (χ2n) is 7.75. The Bertz CT molecular complexity index is 1020. The Morgan fingerprint density at radius 1 is 0.800 bits per heavy atom. The summed E-state index contributed by atoms with van der Waals surface area (Å²) in [7, 11) is 0. The van der Waals surface area contributed by atoms with Crippen molar-refractivity contribution in [3.8, 4) is 11.1 Å². The van der Waals surface area contributed by atoms with Crippen LogP contribution in [0.4, 0.5) is 0 Å². The van der Waals surface area contributed by atoms with E-state index < -0.39 is 0 Å². The molecule has 0 saturated carbocycles. The quantitative estimate of drug-likeness (QED) is 0.474. The maximum Gasteiger partial charge on any atom is -0.00523 e. The zero-order valence-corrected chi connectivity index (χ0v) is 15.9. The van der Waals surface area contributed by atoms with Crippen LogP contribution in [-0.2, 0) is 6.42 Å². The third kappa shape index (κ3) is 2.52. The third-order valence-electron chi connectivity index (χ3n) is 6.04. The lowest BCUT2D eigenvalue weighted by Gasteiger charge is -2.19. The maximum atomic E-state index is 2.46. The van der Waals surface area contributed by atoms with E-state index in [1.807, 2.05) is 0 Å². The number of benzene rings is 3. The van der Waals surface area contributed by atoms with Crippen molar-refractivity contribution in [3.63, 3.8) is 0 Å². The van der Waals surface area contributed by atoms with Gasteiger partial charge in [-0.1, -0.05) is 61.9 Å². The van der Waals surface area contributed by atoms with Crippen molar-refractivity contribution in [1.29, 1.82) is 0 Å². The summed E-state index contributed by atoms with van der Waals surface area (Å²) in [5, 5.41) is 2.63. The number of hydrogen-bond acceptors (Lipinski definition) is 0. The molecule has 0 radical (unpaired) electrons. The fraction of sp³-hybridized carbons (Fsp3) is 0.280. The second kappa shape index (κ2) is 5.88. The molecule has 0 aliphatic heterocycles. The van der Waals surface area contributed by atoms with Gasteiger partial charge in [0.15, 0.2) is 0 Å². The molecule has 0 N–H and O–H groups in total. The lowest BCUT2D eigenvalue weighted by molar-refractivity contribution is 0.753. The Hall–Kier alpha value is -2.34. The van der Waals surface area contributed by atoms with Crippen molar-refractivity contribution in [2.75, 3.05) is 0 Å². The van der Waals surface area contributed by atoms with Crippen LogP contribution in [0.2, 0.25) is 0 Å². The monoisotopic (exact) mass is 326 g/mol. The van der Waals surface area contributed by atoms with Gasteiger partial charge in [-0.05, 0) is 88.9 Å². The zero-order valence-electron chi connectivity index (χ0n) is 15.9. The zero-order chi connectivity index (χ0) is 17.7. The standard InChI is InChI=1S/C25H26/c1-15(2)22-13-23-17(4)16(3)18(5)25(24(23)14-22)21-11-10-19-8-6-7-9-20(19)12-21/h6-12,14-15H,13H2,1-5H3. The van der Waals surface area contributed by atoms with E-state index >= 15 is 0 Å². The van der Waals surface area contributed by atoms with E-state index in [-0.39, 0.29) is 0 Å². The predicted octanol–water partition coefficient (Wildman–Crippen LogP) is 7.03. The van der Waals surface area contributed by atoms with Crippen LogP contribution in [0.15, 0.2) is 48.0 Å². The number of fused-ring (bicyclic) bond motifs is 2. The predicted molar refractivity (Wildman–Crippen MR) is 110 cm³/mol. The highest BCUT2D eigenvalue weighted by Crippen LogP contribution is 2.42. The molecule has 0 spiro atoms. The molecule has 126 valence electrons. The summed E-state index contributed by atoms with van der Waals surface area (Å²) < 4.78 is 0. The van der Waals surface area contributed by atoms with Crippen LogP contribution in [-0.4, -0.2) is 0 Å². The van der Waals surface area contributed by atoms with Crippen LogP contribution < -0.4 is 0 Å². The average molecular weight is 326 g/mol. The lowest BCUT2D eigenvalue weighted by atomic mass is 9.85. The molecule has 0 heteroatoms. The Morgan fingerprint density at radius 2 is 1.52 bits per heavy atom. The molecule has 25 heavy (non-hydrogen) atoms. The van der Waals surface area contributed by atoms with Crippen molar-refractivity contribution in [2.24, 2.45) is 5.92 Å². The summed E-state index contributed by atoms with van der Waals surface area (Å²) in [5.74, 6) is 0.608. The maximum absolute atomic E-state index is 2.46. The van der Waals surface area contributed by atoms with E-state index in [1.54, 1.807) is 5.57 Å². The molecule has 0 nitrogen and oxygen atoms in total. The van der Waals surface area contributed by atoms with Gasteiger partial charge in [-0.25, -0.2) is 0 Å². The summed E-state index contributed by atoms with van der Waals surface area (Å²) in [6.07, 6.45) is 3.57. The van der Waals surface area contributed by atoms with E-state index in [0.29, 0.717) is 5.92 Å². The van der Waals surface area contributed by atoms with Gasteiger partial charge in [0.05, 0.1) is 0 Å². The highest BCUT2D eigenvalue weighted by molar-refractivity contribution is 5.91. The van der Waals surface area contributed by atoms with E-state index in [2.05, 4.69) is 83.2 Å². The van der Waals surface area contributed by atoms with Gasteiger partial charge in [-0.3, -0.25) is 0 Å². The van der Waals surface area contributed by atoms with Gasteiger partial charge in [0.1, 0.15) is 0 Å². The van der Waals surface area contributed by atoms with Crippen LogP contribution in [0.1, 0.15) is 41.7 Å². The van der Waals surface area contributed by atoms with Crippen LogP contribution >= 0.6 is 0 Å². The molecular weight excluding hydrogens is 300 g/mol. The number of allylic oxidation sites excluding steroid dienone is 1. The summed E-state index contributed by atoms with van der Waals surface area (Å²) in [4.78, 5) is 0. The molecule has 1 aliphatic rings. The molecule has 3 aromatic rings. The molecule has 1 aliphatic carbocycles. The van der Waals surface area contributed by atoms with Gasteiger partial charge in [0.2, 0.25) is 0 Å². The molecule has 3 aromatic carbocycles. The van der Waals surface area contributed by atoms with E-state index in [1.165, 1.54) is 49.7 Å². The topological polar surface area (TPSA) is 0 Å². The van der Waals surface area contributed by atoms with Gasteiger partial charge < -0.3 is 0 Å². The molecule has 4 rings (SSSR count). The highest BCUT2D eigenvalue weighted by atomic mass is 14.3. The minimum atomic E-state index is 0.608. The minimum absolute atomic E-state index is 0.608. The van der Waals surface area contributed by atoms with Gasteiger partial charge in [-0.2, -0.15) is 0 Å². The van der Waals surface area contributed by atoms with Crippen molar-refractivity contribution >= 4 is 16.8 Å². The fourth-order valence-electron chi connectivity index (χ4n) is 4.17. The third-order valence-corrected chi connectivity index (χ3v) is 6.04. The minimum Gasteiger partial charge on any atom is -0.0626 e. The van der Waals surface area contributed by atoms with Gasteiger partial charge >= 0.3 is 0 Å². The molecular formula is C25H26. The lowest BCUT2D eigenvalue weighted by Crippen LogP contribution is -2.01. The van der Waals surface area contributed by atoms with E-state index in [9.17, 15) is 0 Å². The fourth-order valence-corrected chi connectivity index (χ4v) is 4.17. The molecule has 0 bridgehead atoms. The number of rotatable bonds is 2. The first-order chi connectivity index (χ1) is 12.0. The first-order valence-electron chi connectivity index (χ1n) is 9.29. The van der Waals surface area contributed by atoms with Crippen LogP contribution in [0.5, 0.6) is 0 Å². The first-order valence-corrected chi connectivity index (χ1v) is 9.29. The summed E-state index contributed by atoms with van der Waals surface area (Å²) in [6, 6.07) is 15.5. The van der Waals surface area contributed by atoms with Gasteiger partial charge in [0.25, 0.3) is 0 Å². The first kappa shape index (κ1) is 16.1. The molecule has 0 atom stereocenters. The highest BCUT2D eigenvalue weighted by Gasteiger charge is 2.24. The molecule has 0 aromatic heterocycles. The summed E-state index contributed by atoms with van der Waals surface area (Å²) >= 11 is 0. The van der Waals surface area contributed by atoms with Crippen molar-refractivity contribution in [1.82, 2.24) is 0 Å². The Kier molecular flexibility index (Phi) is 3.80. The van der Waals surface area contributed by atoms with E-state index in [4.69, 9.17) is 0 Å². The largest absolute Gasteiger partial charge is 0.0626 e. The Labute approximate surface area is 151 Å². The van der Waals surface area contributed by atoms with Crippen molar-refractivity contribution in [2.45, 2.75) is 41.0 Å². The van der Waals surface area contributed by atoms with Crippen LogP contribution in [0, 0.1) is 26.7 Å². The van der Waals surface area contributed by atoms with Gasteiger partial charge in [-0.15, -0.1) is 0 Å². The Morgan fingerprint density at radius 3 is 2.24 bits per heavy atom. The summed E-state index contributed by atoms with van der Waals surface area (Å²) in [6.45, 7) is 11.5. The SMILES string of the molecule is Cc1c(C)c2c(c(-c3ccc4ccccc4c3)c1C)C=C(C(C)C)C2. The van der Waals surface area contributed by atoms with E-state index in [0.717, 1.165) is 6.42 Å². The molecule has 0 heterocycles. The molecule has 0 amide bonds. The van der Waals surface area contributed by atoms with Crippen LogP contribution in [0.3, 0.4) is 0 Å². The van der Waals surface area contributed by atoms with Gasteiger partial charge in [0, 0.05) is 0 Å². The molecule has 0 unspecified atom stereocenters. The smallest absolute Gasteiger partial charge is 0.00523 e. The average Bonchev–Trinajstić information content (AvgIpc) is 3.05. The van der Waals surface area contributed by atoms with Crippen molar-refractivity contribution in [3.05, 3.63) is 75.9 Å². The molecule has 0 saturated heterocycles. The normalized spacial score (nSPS) is 13.4. The second-order valence-corrected chi connectivity index (χ2v) is 7.75. The Balaban J connectivity index is 2.01.